The monoisotopic (exact) mass is 357 g/mol. The molecule has 0 unspecified atom stereocenters. The van der Waals surface area contributed by atoms with E-state index in [9.17, 15) is 9.90 Å². The van der Waals surface area contributed by atoms with E-state index in [2.05, 4.69) is 10.1 Å². The zero-order valence-electron chi connectivity index (χ0n) is 14.8. The molecule has 2 atom stereocenters. The number of benzene rings is 1. The van der Waals surface area contributed by atoms with E-state index in [4.69, 9.17) is 9.26 Å². The predicted octanol–water partition coefficient (Wildman–Crippen LogP) is 1.48. The van der Waals surface area contributed by atoms with Gasteiger partial charge in [0.2, 0.25) is 11.8 Å². The van der Waals surface area contributed by atoms with Gasteiger partial charge in [0.1, 0.15) is 6.61 Å². The van der Waals surface area contributed by atoms with Gasteiger partial charge >= 0.3 is 0 Å². The van der Waals surface area contributed by atoms with Crippen LogP contribution in [0, 0.1) is 5.92 Å². The molecule has 1 aliphatic heterocycles. The SMILES string of the molecule is COCc1noc([C@@H]2CN(C(=O)C3(c4ccccc4)CC3)C[C@H]2CO)n1. The van der Waals surface area contributed by atoms with Gasteiger partial charge in [-0.1, -0.05) is 35.5 Å². The number of nitrogens with zero attached hydrogens (tertiary/aromatic N) is 3. The molecule has 1 aliphatic carbocycles. The van der Waals surface area contributed by atoms with Gasteiger partial charge in [-0.15, -0.1) is 0 Å². The van der Waals surface area contributed by atoms with E-state index in [1.807, 2.05) is 35.2 Å². The van der Waals surface area contributed by atoms with E-state index < -0.39 is 5.41 Å². The van der Waals surface area contributed by atoms with Crippen molar-refractivity contribution in [2.24, 2.45) is 5.92 Å². The van der Waals surface area contributed by atoms with Crippen molar-refractivity contribution in [2.75, 3.05) is 26.8 Å². The van der Waals surface area contributed by atoms with E-state index >= 15 is 0 Å². The quantitative estimate of drug-likeness (QED) is 0.842. The topological polar surface area (TPSA) is 88.7 Å². The molecule has 26 heavy (non-hydrogen) atoms. The summed E-state index contributed by atoms with van der Waals surface area (Å²) in [6.07, 6.45) is 1.75. The highest BCUT2D eigenvalue weighted by molar-refractivity contribution is 5.91. The maximum absolute atomic E-state index is 13.2. The van der Waals surface area contributed by atoms with Crippen LogP contribution < -0.4 is 0 Å². The van der Waals surface area contributed by atoms with Gasteiger partial charge in [-0.3, -0.25) is 4.79 Å². The lowest BCUT2D eigenvalue weighted by Gasteiger charge is -2.23. The fraction of sp³-hybridized carbons (Fsp3) is 0.526. The van der Waals surface area contributed by atoms with Gasteiger partial charge in [-0.2, -0.15) is 4.98 Å². The van der Waals surface area contributed by atoms with Crippen molar-refractivity contribution in [1.82, 2.24) is 15.0 Å². The molecule has 0 spiro atoms. The summed E-state index contributed by atoms with van der Waals surface area (Å²) in [4.78, 5) is 19.4. The molecule has 1 saturated carbocycles. The lowest BCUT2D eigenvalue weighted by atomic mass is 9.94. The molecule has 1 amide bonds. The molecule has 2 fully saturated rings. The van der Waals surface area contributed by atoms with Gasteiger partial charge < -0.3 is 19.3 Å². The normalized spacial score (nSPS) is 24.0. The van der Waals surface area contributed by atoms with Crippen LogP contribution in [0.4, 0.5) is 0 Å². The van der Waals surface area contributed by atoms with E-state index in [-0.39, 0.29) is 31.0 Å². The first-order valence-electron chi connectivity index (χ1n) is 8.95. The highest BCUT2D eigenvalue weighted by Gasteiger charge is 2.54. The molecule has 1 aromatic carbocycles. The van der Waals surface area contributed by atoms with Crippen LogP contribution >= 0.6 is 0 Å². The van der Waals surface area contributed by atoms with Crippen molar-refractivity contribution in [3.8, 4) is 0 Å². The Labute approximate surface area is 152 Å². The van der Waals surface area contributed by atoms with Crippen molar-refractivity contribution >= 4 is 5.91 Å². The van der Waals surface area contributed by atoms with Gasteiger partial charge in [0.25, 0.3) is 0 Å². The maximum atomic E-state index is 13.2. The lowest BCUT2D eigenvalue weighted by molar-refractivity contribution is -0.133. The lowest BCUT2D eigenvalue weighted by Crippen LogP contribution is -2.38. The molecule has 7 heteroatoms. The van der Waals surface area contributed by atoms with Gasteiger partial charge in [0.15, 0.2) is 5.82 Å². The molecule has 0 bridgehead atoms. The number of methoxy groups -OCH3 is 1. The zero-order chi connectivity index (χ0) is 18.1. The molecule has 0 radical (unpaired) electrons. The van der Waals surface area contributed by atoms with Crippen LogP contribution in [-0.4, -0.2) is 52.9 Å². The molecular weight excluding hydrogens is 334 g/mol. The third-order valence-electron chi connectivity index (χ3n) is 5.52. The molecule has 1 aromatic heterocycles. The first-order chi connectivity index (χ1) is 12.7. The molecule has 2 heterocycles. The molecule has 2 aromatic rings. The Kier molecular flexibility index (Phi) is 4.50. The minimum Gasteiger partial charge on any atom is -0.396 e. The van der Waals surface area contributed by atoms with Gasteiger partial charge in [0, 0.05) is 32.7 Å². The van der Waals surface area contributed by atoms with Crippen molar-refractivity contribution in [1.29, 1.82) is 0 Å². The summed E-state index contributed by atoms with van der Waals surface area (Å²) in [7, 11) is 1.57. The summed E-state index contributed by atoms with van der Waals surface area (Å²) in [6, 6.07) is 9.96. The Morgan fingerprint density at radius 1 is 1.35 bits per heavy atom. The molecular formula is C19H23N3O4. The Bertz CT molecular complexity index is 772. The number of likely N-dealkylation sites (tertiary alicyclic amines) is 1. The smallest absolute Gasteiger partial charge is 0.233 e. The standard InChI is InChI=1S/C19H23N3O4/c1-25-12-16-20-17(26-21-16)15-10-22(9-13(15)11-23)18(24)19(7-8-19)14-5-3-2-4-6-14/h2-6,13,15,23H,7-12H2,1H3/t13-,15+/m0/s1. The van der Waals surface area contributed by atoms with E-state index in [1.165, 1.54) is 0 Å². The molecule has 2 aliphatic rings. The highest BCUT2D eigenvalue weighted by Crippen LogP contribution is 2.50. The Balaban J connectivity index is 1.52. The van der Waals surface area contributed by atoms with E-state index in [1.54, 1.807) is 7.11 Å². The number of aliphatic hydroxyl groups is 1. The predicted molar refractivity (Wildman–Crippen MR) is 92.3 cm³/mol. The number of carbonyl (C=O) groups is 1. The number of rotatable bonds is 6. The summed E-state index contributed by atoms with van der Waals surface area (Å²) < 4.78 is 10.4. The van der Waals surface area contributed by atoms with Crippen LogP contribution in [0.3, 0.4) is 0 Å². The average Bonchev–Trinajstić information content (AvgIpc) is 3.16. The van der Waals surface area contributed by atoms with Crippen LogP contribution in [0.5, 0.6) is 0 Å². The van der Waals surface area contributed by atoms with Gasteiger partial charge in [0.05, 0.1) is 11.3 Å². The molecule has 7 nitrogen and oxygen atoms in total. The third-order valence-corrected chi connectivity index (χ3v) is 5.52. The van der Waals surface area contributed by atoms with E-state index in [0.29, 0.717) is 24.8 Å². The van der Waals surface area contributed by atoms with Crippen molar-refractivity contribution in [2.45, 2.75) is 30.8 Å². The second kappa shape index (κ2) is 6.81. The first-order valence-corrected chi connectivity index (χ1v) is 8.95. The fourth-order valence-corrected chi connectivity index (χ4v) is 3.92. The molecule has 1 N–H and O–H groups in total. The van der Waals surface area contributed by atoms with Crippen molar-refractivity contribution in [3.05, 3.63) is 47.6 Å². The molecule has 4 rings (SSSR count). The number of amides is 1. The van der Waals surface area contributed by atoms with Crippen LogP contribution in [0.2, 0.25) is 0 Å². The van der Waals surface area contributed by atoms with Crippen LogP contribution in [0.1, 0.15) is 36.0 Å². The van der Waals surface area contributed by atoms with Gasteiger partial charge in [-0.25, -0.2) is 0 Å². The second-order valence-electron chi connectivity index (χ2n) is 7.19. The first kappa shape index (κ1) is 17.2. The van der Waals surface area contributed by atoms with E-state index in [0.717, 1.165) is 18.4 Å². The minimum absolute atomic E-state index is 0.0191. The summed E-state index contributed by atoms with van der Waals surface area (Å²) in [5, 5.41) is 13.7. The van der Waals surface area contributed by atoms with Gasteiger partial charge in [-0.05, 0) is 18.4 Å². The highest BCUT2D eigenvalue weighted by atomic mass is 16.5. The van der Waals surface area contributed by atoms with Crippen LogP contribution in [0.15, 0.2) is 34.9 Å². The number of ether oxygens (including phenoxy) is 1. The minimum atomic E-state index is -0.397. The maximum Gasteiger partial charge on any atom is 0.233 e. The fourth-order valence-electron chi connectivity index (χ4n) is 3.92. The summed E-state index contributed by atoms with van der Waals surface area (Å²) in [5.74, 6) is 0.846. The zero-order valence-corrected chi connectivity index (χ0v) is 14.8. The number of hydrogen-bond acceptors (Lipinski definition) is 6. The van der Waals surface area contributed by atoms with Crippen LogP contribution in [0.25, 0.3) is 0 Å². The number of aliphatic hydroxyl groups excluding tert-OH is 1. The van der Waals surface area contributed by atoms with Crippen LogP contribution in [-0.2, 0) is 21.6 Å². The second-order valence-corrected chi connectivity index (χ2v) is 7.19. The Hall–Kier alpha value is -2.25. The largest absolute Gasteiger partial charge is 0.396 e. The molecule has 138 valence electrons. The summed E-state index contributed by atoms with van der Waals surface area (Å²) in [6.45, 7) is 1.26. The van der Waals surface area contributed by atoms with Crippen molar-refractivity contribution < 1.29 is 19.2 Å². The number of hydrogen-bond donors (Lipinski definition) is 1. The molecule has 1 saturated heterocycles. The van der Waals surface area contributed by atoms with Crippen molar-refractivity contribution in [3.63, 3.8) is 0 Å². The third kappa shape index (κ3) is 2.91. The average molecular weight is 357 g/mol. The number of aromatic nitrogens is 2. The summed E-state index contributed by atoms with van der Waals surface area (Å²) >= 11 is 0. The number of carbonyl (C=O) groups excluding carboxylic acids is 1. The Morgan fingerprint density at radius 3 is 2.77 bits per heavy atom. The Morgan fingerprint density at radius 2 is 2.12 bits per heavy atom. The summed E-state index contributed by atoms with van der Waals surface area (Å²) in [5.41, 5.74) is 0.681.